The Balaban J connectivity index is 1.34. The summed E-state index contributed by atoms with van der Waals surface area (Å²) in [5, 5.41) is 12.5. The molecule has 4 rings (SSSR count). The number of anilines is 1. The highest BCUT2D eigenvalue weighted by Crippen LogP contribution is 2.44. The standard InChI is InChI=1S/C24H36N4O4/c1-3-11-25-23(31)32-20-15-17(2)21(26-16-20)27-12-8-24(9-13-27)10-14-28(22(24)30)18-4-6-19(29)7-5-18/h15-16,18-19,29H,3-14H2,1-2H3,(H,25,31). The molecule has 2 N–H and O–H groups in total. The highest BCUT2D eigenvalue weighted by Gasteiger charge is 2.50. The van der Waals surface area contributed by atoms with Gasteiger partial charge in [0, 0.05) is 32.2 Å². The van der Waals surface area contributed by atoms with Gasteiger partial charge in [-0.2, -0.15) is 0 Å². The van der Waals surface area contributed by atoms with Gasteiger partial charge in [-0.1, -0.05) is 6.92 Å². The molecule has 3 fully saturated rings. The van der Waals surface area contributed by atoms with Crippen LogP contribution in [0.4, 0.5) is 10.6 Å². The molecule has 2 aliphatic heterocycles. The zero-order valence-corrected chi connectivity index (χ0v) is 19.3. The van der Waals surface area contributed by atoms with Crippen molar-refractivity contribution >= 4 is 17.8 Å². The monoisotopic (exact) mass is 444 g/mol. The average Bonchev–Trinajstić information content (AvgIpc) is 3.09. The van der Waals surface area contributed by atoms with Crippen LogP contribution in [0.3, 0.4) is 0 Å². The Hall–Kier alpha value is -2.35. The van der Waals surface area contributed by atoms with Gasteiger partial charge in [-0.25, -0.2) is 9.78 Å². The van der Waals surface area contributed by atoms with Gasteiger partial charge < -0.3 is 25.0 Å². The largest absolute Gasteiger partial charge is 0.412 e. The van der Waals surface area contributed by atoms with Crippen molar-refractivity contribution in [1.29, 1.82) is 0 Å². The minimum atomic E-state index is -0.461. The van der Waals surface area contributed by atoms with Crippen LogP contribution in [0.5, 0.6) is 5.75 Å². The molecule has 0 atom stereocenters. The number of aliphatic hydroxyl groups is 1. The third kappa shape index (κ3) is 4.70. The van der Waals surface area contributed by atoms with Crippen LogP contribution in [0.2, 0.25) is 0 Å². The van der Waals surface area contributed by atoms with E-state index in [9.17, 15) is 14.7 Å². The van der Waals surface area contributed by atoms with Crippen LogP contribution in [-0.2, 0) is 4.79 Å². The lowest BCUT2D eigenvalue weighted by molar-refractivity contribution is -0.139. The van der Waals surface area contributed by atoms with Gasteiger partial charge in [0.1, 0.15) is 5.82 Å². The van der Waals surface area contributed by atoms with E-state index in [1.165, 1.54) is 0 Å². The molecule has 1 spiro atoms. The highest BCUT2D eigenvalue weighted by atomic mass is 16.6. The van der Waals surface area contributed by atoms with Gasteiger partial charge >= 0.3 is 6.09 Å². The third-order valence-corrected chi connectivity index (χ3v) is 7.43. The maximum Gasteiger partial charge on any atom is 0.412 e. The number of aliphatic hydroxyl groups excluding tert-OH is 1. The van der Waals surface area contributed by atoms with Gasteiger partial charge in [0.15, 0.2) is 5.75 Å². The SMILES string of the molecule is CCCNC(=O)Oc1cnc(N2CCC3(CC2)CCN(C2CCC(O)CC2)C3=O)c(C)c1. The molecule has 1 saturated carbocycles. The first-order chi connectivity index (χ1) is 15.4. The van der Waals surface area contributed by atoms with Crippen molar-refractivity contribution in [2.75, 3.05) is 31.1 Å². The van der Waals surface area contributed by atoms with Gasteiger partial charge in [0.25, 0.3) is 0 Å². The Morgan fingerprint density at radius 3 is 2.56 bits per heavy atom. The molecule has 3 aliphatic rings. The summed E-state index contributed by atoms with van der Waals surface area (Å²) in [7, 11) is 0. The van der Waals surface area contributed by atoms with Crippen LogP contribution >= 0.6 is 0 Å². The minimum Gasteiger partial charge on any atom is -0.409 e. The number of piperidine rings is 1. The van der Waals surface area contributed by atoms with E-state index in [1.807, 2.05) is 19.9 Å². The lowest BCUT2D eigenvalue weighted by Gasteiger charge is -2.40. The van der Waals surface area contributed by atoms with E-state index in [1.54, 1.807) is 6.20 Å². The molecule has 2 saturated heterocycles. The lowest BCUT2D eigenvalue weighted by atomic mass is 9.77. The fourth-order valence-corrected chi connectivity index (χ4v) is 5.48. The molecule has 8 nitrogen and oxygen atoms in total. The second kappa shape index (κ2) is 9.65. The first kappa shape index (κ1) is 22.8. The Bertz CT molecular complexity index is 829. The maximum atomic E-state index is 13.4. The first-order valence-electron chi connectivity index (χ1n) is 12.1. The Morgan fingerprint density at radius 1 is 1.22 bits per heavy atom. The Labute approximate surface area is 190 Å². The van der Waals surface area contributed by atoms with Gasteiger partial charge in [0.2, 0.25) is 5.91 Å². The molecule has 176 valence electrons. The number of carbonyl (C=O) groups is 2. The highest BCUT2D eigenvalue weighted by molar-refractivity contribution is 5.85. The molecule has 1 aliphatic carbocycles. The number of aryl methyl sites for hydroxylation is 1. The average molecular weight is 445 g/mol. The van der Waals surface area contributed by atoms with Gasteiger partial charge in [0.05, 0.1) is 17.7 Å². The summed E-state index contributed by atoms with van der Waals surface area (Å²) in [5.74, 6) is 1.65. The molecule has 2 amide bonds. The predicted molar refractivity (Wildman–Crippen MR) is 122 cm³/mol. The molecule has 1 aromatic rings. The summed E-state index contributed by atoms with van der Waals surface area (Å²) < 4.78 is 5.31. The quantitative estimate of drug-likeness (QED) is 0.725. The molecule has 0 unspecified atom stereocenters. The third-order valence-electron chi connectivity index (χ3n) is 7.43. The number of pyridine rings is 1. The van der Waals surface area contributed by atoms with Crippen LogP contribution in [0.1, 0.15) is 63.9 Å². The summed E-state index contributed by atoms with van der Waals surface area (Å²) in [6, 6.07) is 2.15. The van der Waals surface area contributed by atoms with Crippen LogP contribution in [0.15, 0.2) is 12.3 Å². The van der Waals surface area contributed by atoms with Crippen molar-refractivity contribution in [2.24, 2.45) is 5.41 Å². The van der Waals surface area contributed by atoms with Crippen LogP contribution in [0.25, 0.3) is 0 Å². The van der Waals surface area contributed by atoms with Gasteiger partial charge in [-0.05, 0) is 69.9 Å². The van der Waals surface area contributed by atoms with E-state index in [4.69, 9.17) is 4.74 Å². The van der Waals surface area contributed by atoms with Crippen LogP contribution < -0.4 is 15.0 Å². The number of carbonyl (C=O) groups excluding carboxylic acids is 2. The number of likely N-dealkylation sites (tertiary alicyclic amines) is 1. The van der Waals surface area contributed by atoms with E-state index in [0.29, 0.717) is 24.2 Å². The van der Waals surface area contributed by atoms with Crippen molar-refractivity contribution in [3.63, 3.8) is 0 Å². The summed E-state index contributed by atoms with van der Waals surface area (Å²) in [6.45, 7) is 6.99. The van der Waals surface area contributed by atoms with Crippen molar-refractivity contribution in [2.45, 2.75) is 77.4 Å². The molecule has 8 heteroatoms. The first-order valence-corrected chi connectivity index (χ1v) is 12.1. The number of hydrogen-bond acceptors (Lipinski definition) is 6. The molecule has 1 aromatic heterocycles. The lowest BCUT2D eigenvalue weighted by Crippen LogP contribution is -2.47. The molecule has 0 aromatic carbocycles. The fourth-order valence-electron chi connectivity index (χ4n) is 5.48. The van der Waals surface area contributed by atoms with Crippen LogP contribution in [-0.4, -0.2) is 65.3 Å². The van der Waals surface area contributed by atoms with E-state index in [-0.39, 0.29) is 11.5 Å². The molecule has 0 bridgehead atoms. The summed E-state index contributed by atoms with van der Waals surface area (Å²) in [4.78, 5) is 34.1. The number of nitrogens with one attached hydrogen (secondary N) is 1. The number of hydrogen-bond donors (Lipinski definition) is 2. The van der Waals surface area contributed by atoms with Crippen molar-refractivity contribution in [3.05, 3.63) is 17.8 Å². The van der Waals surface area contributed by atoms with Gasteiger partial charge in [-0.3, -0.25) is 4.79 Å². The molecular weight excluding hydrogens is 408 g/mol. The number of amides is 2. The molecule has 3 heterocycles. The number of ether oxygens (including phenoxy) is 1. The van der Waals surface area contributed by atoms with Crippen LogP contribution in [0, 0.1) is 12.3 Å². The number of nitrogens with zero attached hydrogens (tertiary/aromatic N) is 3. The minimum absolute atomic E-state index is 0.195. The second-order valence-electron chi connectivity index (χ2n) is 9.61. The predicted octanol–water partition coefficient (Wildman–Crippen LogP) is 3.01. The Kier molecular flexibility index (Phi) is 6.88. The van der Waals surface area contributed by atoms with Crippen molar-refractivity contribution in [1.82, 2.24) is 15.2 Å². The van der Waals surface area contributed by atoms with Crippen molar-refractivity contribution in [3.8, 4) is 5.75 Å². The fraction of sp³-hybridized carbons (Fsp3) is 0.708. The van der Waals surface area contributed by atoms with Gasteiger partial charge in [-0.15, -0.1) is 0 Å². The second-order valence-corrected chi connectivity index (χ2v) is 9.61. The zero-order valence-electron chi connectivity index (χ0n) is 19.3. The van der Waals surface area contributed by atoms with E-state index in [0.717, 1.165) is 82.4 Å². The number of rotatable bonds is 5. The van der Waals surface area contributed by atoms with Crippen molar-refractivity contribution < 1.29 is 19.4 Å². The summed E-state index contributed by atoms with van der Waals surface area (Å²) in [6.07, 6.45) is 7.87. The van der Waals surface area contributed by atoms with E-state index >= 15 is 0 Å². The number of aromatic nitrogens is 1. The smallest absolute Gasteiger partial charge is 0.409 e. The summed E-state index contributed by atoms with van der Waals surface area (Å²) >= 11 is 0. The molecule has 0 radical (unpaired) electrons. The topological polar surface area (TPSA) is 95.0 Å². The zero-order chi connectivity index (χ0) is 22.7. The van der Waals surface area contributed by atoms with E-state index in [2.05, 4.69) is 20.1 Å². The summed E-state index contributed by atoms with van der Waals surface area (Å²) in [5.41, 5.74) is 0.725. The Morgan fingerprint density at radius 2 is 1.91 bits per heavy atom. The maximum absolute atomic E-state index is 13.4. The van der Waals surface area contributed by atoms with E-state index < -0.39 is 6.09 Å². The molecular formula is C24H36N4O4. The normalized spacial score (nSPS) is 25.3. The molecule has 32 heavy (non-hydrogen) atoms.